The highest BCUT2D eigenvalue weighted by Crippen LogP contribution is 2.12. The zero-order valence-corrected chi connectivity index (χ0v) is 9.29. The van der Waals surface area contributed by atoms with E-state index in [9.17, 15) is 4.79 Å². The van der Waals surface area contributed by atoms with Crippen LogP contribution in [0.4, 0.5) is 0 Å². The number of nitrogens with two attached hydrogens (primary N) is 1. The van der Waals surface area contributed by atoms with E-state index in [1.807, 2.05) is 0 Å². The van der Waals surface area contributed by atoms with Gasteiger partial charge in [-0.1, -0.05) is 17.3 Å². The quantitative estimate of drug-likeness (QED) is 0.802. The number of hydrogen-bond donors (Lipinski definition) is 2. The van der Waals surface area contributed by atoms with Crippen LogP contribution in [0.2, 0.25) is 0 Å². The maximum atomic E-state index is 11.0. The van der Waals surface area contributed by atoms with Gasteiger partial charge in [0.25, 0.3) is 5.91 Å². The minimum Gasteiger partial charge on any atom is -0.508 e. The summed E-state index contributed by atoms with van der Waals surface area (Å²) >= 11 is 0. The molecule has 0 radical (unpaired) electrons. The molecule has 0 spiro atoms. The number of amides is 1. The molecular formula is C11H12N4O2. The van der Waals surface area contributed by atoms with Crippen molar-refractivity contribution in [1.82, 2.24) is 15.0 Å². The maximum absolute atomic E-state index is 11.0. The molecule has 0 aliphatic carbocycles. The monoisotopic (exact) mass is 232 g/mol. The minimum atomic E-state index is -0.584. The molecule has 88 valence electrons. The van der Waals surface area contributed by atoms with Crippen LogP contribution in [0.5, 0.6) is 5.75 Å². The maximum Gasteiger partial charge on any atom is 0.271 e. The van der Waals surface area contributed by atoms with Crippen LogP contribution < -0.4 is 5.73 Å². The largest absolute Gasteiger partial charge is 0.508 e. The number of phenols is 1. The number of benzene rings is 1. The van der Waals surface area contributed by atoms with Gasteiger partial charge in [-0.15, -0.1) is 5.10 Å². The Labute approximate surface area is 97.7 Å². The second kappa shape index (κ2) is 4.25. The molecule has 6 nitrogen and oxygen atoms in total. The van der Waals surface area contributed by atoms with Crippen molar-refractivity contribution >= 4 is 5.91 Å². The lowest BCUT2D eigenvalue weighted by molar-refractivity contribution is 0.0995. The van der Waals surface area contributed by atoms with Gasteiger partial charge < -0.3 is 10.8 Å². The highest BCUT2D eigenvalue weighted by Gasteiger charge is 2.13. The SMILES string of the molecule is Cc1c(C(N)=O)nnn1Cc1ccc(O)cc1. The zero-order valence-electron chi connectivity index (χ0n) is 9.29. The van der Waals surface area contributed by atoms with Gasteiger partial charge in [-0.25, -0.2) is 4.68 Å². The number of aromatic nitrogens is 3. The van der Waals surface area contributed by atoms with Crippen molar-refractivity contribution in [3.8, 4) is 5.75 Å². The molecule has 0 aliphatic heterocycles. The molecule has 1 aromatic heterocycles. The van der Waals surface area contributed by atoms with Crippen LogP contribution in [-0.2, 0) is 6.54 Å². The van der Waals surface area contributed by atoms with Crippen molar-refractivity contribution < 1.29 is 9.90 Å². The third kappa shape index (κ3) is 2.25. The van der Waals surface area contributed by atoms with E-state index in [0.717, 1.165) is 5.56 Å². The Morgan fingerprint density at radius 3 is 2.59 bits per heavy atom. The summed E-state index contributed by atoms with van der Waals surface area (Å²) in [4.78, 5) is 11.0. The predicted octanol–water partition coefficient (Wildman–Crippen LogP) is 0.439. The normalized spacial score (nSPS) is 10.4. The first-order valence-corrected chi connectivity index (χ1v) is 5.05. The second-order valence-corrected chi connectivity index (χ2v) is 3.71. The number of aromatic hydroxyl groups is 1. The molecule has 3 N–H and O–H groups in total. The van der Waals surface area contributed by atoms with Gasteiger partial charge in [0.2, 0.25) is 0 Å². The van der Waals surface area contributed by atoms with Crippen molar-refractivity contribution in [2.75, 3.05) is 0 Å². The fraction of sp³-hybridized carbons (Fsp3) is 0.182. The molecule has 2 aromatic rings. The average Bonchev–Trinajstić information content (AvgIpc) is 2.64. The van der Waals surface area contributed by atoms with Gasteiger partial charge in [0.05, 0.1) is 12.2 Å². The summed E-state index contributed by atoms with van der Waals surface area (Å²) in [5.41, 5.74) is 6.92. The molecule has 0 unspecified atom stereocenters. The van der Waals surface area contributed by atoms with Gasteiger partial charge >= 0.3 is 0 Å². The van der Waals surface area contributed by atoms with Gasteiger partial charge in [0, 0.05) is 0 Å². The zero-order chi connectivity index (χ0) is 12.4. The number of primary amides is 1. The summed E-state index contributed by atoms with van der Waals surface area (Å²) in [5, 5.41) is 16.7. The highest BCUT2D eigenvalue weighted by atomic mass is 16.3. The lowest BCUT2D eigenvalue weighted by atomic mass is 10.2. The van der Waals surface area contributed by atoms with E-state index >= 15 is 0 Å². The van der Waals surface area contributed by atoms with Crippen LogP contribution in [0.1, 0.15) is 21.7 Å². The molecule has 0 bridgehead atoms. The van der Waals surface area contributed by atoms with Crippen LogP contribution in [-0.4, -0.2) is 26.0 Å². The number of carbonyl (C=O) groups excluding carboxylic acids is 1. The highest BCUT2D eigenvalue weighted by molar-refractivity contribution is 5.91. The molecular weight excluding hydrogens is 220 g/mol. The van der Waals surface area contributed by atoms with Gasteiger partial charge in [-0.3, -0.25) is 4.79 Å². The Morgan fingerprint density at radius 2 is 2.06 bits per heavy atom. The van der Waals surface area contributed by atoms with E-state index in [0.29, 0.717) is 12.2 Å². The van der Waals surface area contributed by atoms with Crippen molar-refractivity contribution in [3.05, 3.63) is 41.2 Å². The van der Waals surface area contributed by atoms with E-state index in [1.54, 1.807) is 35.9 Å². The van der Waals surface area contributed by atoms with Crippen LogP contribution in [0.25, 0.3) is 0 Å². The van der Waals surface area contributed by atoms with E-state index in [2.05, 4.69) is 10.3 Å². The summed E-state index contributed by atoms with van der Waals surface area (Å²) < 4.78 is 1.59. The smallest absolute Gasteiger partial charge is 0.271 e. The first-order valence-electron chi connectivity index (χ1n) is 5.05. The molecule has 0 saturated carbocycles. The Hall–Kier alpha value is -2.37. The van der Waals surface area contributed by atoms with Crippen LogP contribution in [0.15, 0.2) is 24.3 Å². The third-order valence-corrected chi connectivity index (χ3v) is 2.48. The average molecular weight is 232 g/mol. The Balaban J connectivity index is 2.24. The summed E-state index contributed by atoms with van der Waals surface area (Å²) in [7, 11) is 0. The summed E-state index contributed by atoms with van der Waals surface area (Å²) in [5.74, 6) is -0.374. The van der Waals surface area contributed by atoms with E-state index < -0.39 is 5.91 Å². The van der Waals surface area contributed by atoms with E-state index in [4.69, 9.17) is 10.8 Å². The molecule has 0 saturated heterocycles. The Bertz CT molecular complexity index is 545. The molecule has 0 fully saturated rings. The van der Waals surface area contributed by atoms with E-state index in [1.165, 1.54) is 0 Å². The van der Waals surface area contributed by atoms with Crippen LogP contribution in [0, 0.1) is 6.92 Å². The number of hydrogen-bond acceptors (Lipinski definition) is 4. The van der Waals surface area contributed by atoms with Crippen molar-refractivity contribution in [1.29, 1.82) is 0 Å². The molecule has 0 atom stereocenters. The van der Waals surface area contributed by atoms with Crippen molar-refractivity contribution in [2.24, 2.45) is 5.73 Å². The lowest BCUT2D eigenvalue weighted by Crippen LogP contribution is -2.13. The first-order chi connectivity index (χ1) is 8.08. The summed E-state index contributed by atoms with van der Waals surface area (Å²) in [6.07, 6.45) is 0. The number of phenolic OH excluding ortho intramolecular Hbond substituents is 1. The van der Waals surface area contributed by atoms with Gasteiger partial charge in [0.1, 0.15) is 5.75 Å². The second-order valence-electron chi connectivity index (χ2n) is 3.71. The van der Waals surface area contributed by atoms with Crippen molar-refractivity contribution in [2.45, 2.75) is 13.5 Å². The molecule has 17 heavy (non-hydrogen) atoms. The predicted molar refractivity (Wildman–Crippen MR) is 60.5 cm³/mol. The van der Waals surface area contributed by atoms with Crippen LogP contribution in [0.3, 0.4) is 0 Å². The minimum absolute atomic E-state index is 0.184. The number of rotatable bonds is 3. The molecule has 6 heteroatoms. The topological polar surface area (TPSA) is 94.0 Å². The molecule has 1 amide bonds. The molecule has 0 aliphatic rings. The van der Waals surface area contributed by atoms with E-state index in [-0.39, 0.29) is 11.4 Å². The summed E-state index contributed by atoms with van der Waals surface area (Å²) in [6, 6.07) is 6.74. The van der Waals surface area contributed by atoms with Crippen LogP contribution >= 0.6 is 0 Å². The fourth-order valence-electron chi connectivity index (χ4n) is 1.51. The first kappa shape index (κ1) is 11.1. The number of carbonyl (C=O) groups is 1. The van der Waals surface area contributed by atoms with Gasteiger partial charge in [-0.05, 0) is 24.6 Å². The summed E-state index contributed by atoms with van der Waals surface area (Å²) in [6.45, 7) is 2.22. The molecule has 2 rings (SSSR count). The fourth-order valence-corrected chi connectivity index (χ4v) is 1.51. The molecule has 1 aromatic carbocycles. The number of nitrogens with zero attached hydrogens (tertiary/aromatic N) is 3. The third-order valence-electron chi connectivity index (χ3n) is 2.48. The molecule has 1 heterocycles. The van der Waals surface area contributed by atoms with Gasteiger partial charge in [0.15, 0.2) is 5.69 Å². The van der Waals surface area contributed by atoms with Gasteiger partial charge in [-0.2, -0.15) is 0 Å². The lowest BCUT2D eigenvalue weighted by Gasteiger charge is -2.03. The standard InChI is InChI=1S/C11H12N4O2/c1-7-10(11(12)17)13-14-15(7)6-8-2-4-9(16)5-3-8/h2-5,16H,6H2,1H3,(H2,12,17). The Morgan fingerprint density at radius 1 is 1.41 bits per heavy atom. The van der Waals surface area contributed by atoms with Crippen molar-refractivity contribution in [3.63, 3.8) is 0 Å². The Kier molecular flexibility index (Phi) is 2.78.